The van der Waals surface area contributed by atoms with E-state index in [9.17, 15) is 13.2 Å². The first kappa shape index (κ1) is 19.6. The number of nitrogens with two attached hydrogens (primary N) is 1. The molecule has 6 nitrogen and oxygen atoms in total. The molecule has 150 valence electrons. The van der Waals surface area contributed by atoms with Crippen LogP contribution in [0, 0.1) is 5.92 Å². The molecule has 1 aliphatic carbocycles. The van der Waals surface area contributed by atoms with Crippen molar-refractivity contribution in [2.45, 2.75) is 36.6 Å². The molecule has 8 heteroatoms. The molecule has 2 aliphatic rings. The third-order valence-electron chi connectivity index (χ3n) is 5.70. The second-order valence-corrected chi connectivity index (χ2v) is 10.3. The zero-order valence-corrected chi connectivity index (χ0v) is 17.3. The predicted molar refractivity (Wildman–Crippen MR) is 109 cm³/mol. The Hall–Kier alpha value is -1.74. The molecule has 2 atom stereocenters. The molecule has 1 aliphatic heterocycles. The molecule has 1 aromatic heterocycles. The smallest absolute Gasteiger partial charge is 0.275 e. The fourth-order valence-corrected chi connectivity index (χ4v) is 5.60. The van der Waals surface area contributed by atoms with Gasteiger partial charge >= 0.3 is 0 Å². The highest BCUT2D eigenvalue weighted by Gasteiger charge is 2.43. The van der Waals surface area contributed by atoms with Gasteiger partial charge in [0.15, 0.2) is 6.54 Å². The van der Waals surface area contributed by atoms with Gasteiger partial charge in [-0.15, -0.1) is 11.3 Å². The molecular formula is C20H26N3O3S2+. The first-order chi connectivity index (χ1) is 13.4. The van der Waals surface area contributed by atoms with E-state index in [2.05, 4.69) is 16.8 Å². The molecule has 0 bridgehead atoms. The average Bonchev–Trinajstić information content (AvgIpc) is 3.37. The van der Waals surface area contributed by atoms with Crippen LogP contribution >= 0.6 is 11.3 Å². The lowest BCUT2D eigenvalue weighted by Gasteiger charge is -2.32. The summed E-state index contributed by atoms with van der Waals surface area (Å²) < 4.78 is 22.6. The lowest BCUT2D eigenvalue weighted by Crippen LogP contribution is -3.14. The van der Waals surface area contributed by atoms with Gasteiger partial charge < -0.3 is 10.2 Å². The molecule has 0 spiro atoms. The fourth-order valence-electron chi connectivity index (χ4n) is 4.16. The van der Waals surface area contributed by atoms with Crippen LogP contribution in [0.5, 0.6) is 0 Å². The summed E-state index contributed by atoms with van der Waals surface area (Å²) in [5, 5.41) is 10.3. The fraction of sp³-hybridized carbons (Fsp3) is 0.450. The summed E-state index contributed by atoms with van der Waals surface area (Å²) in [7, 11) is -3.67. The number of primary sulfonamides is 1. The van der Waals surface area contributed by atoms with Crippen LogP contribution in [0.15, 0.2) is 40.6 Å². The number of hydrogen-bond acceptors (Lipinski definition) is 4. The van der Waals surface area contributed by atoms with E-state index in [1.165, 1.54) is 40.3 Å². The van der Waals surface area contributed by atoms with Crippen LogP contribution in [-0.2, 0) is 27.7 Å². The van der Waals surface area contributed by atoms with Crippen LogP contribution in [0.4, 0.5) is 0 Å². The molecular weight excluding hydrogens is 394 g/mol. The van der Waals surface area contributed by atoms with Gasteiger partial charge in [0.25, 0.3) is 5.91 Å². The van der Waals surface area contributed by atoms with Crippen molar-refractivity contribution < 1.29 is 18.1 Å². The average molecular weight is 421 g/mol. The number of amides is 1. The van der Waals surface area contributed by atoms with Crippen LogP contribution in [0.3, 0.4) is 0 Å². The maximum Gasteiger partial charge on any atom is 0.275 e. The molecule has 2 aromatic rings. The van der Waals surface area contributed by atoms with E-state index >= 15 is 0 Å². The van der Waals surface area contributed by atoms with Gasteiger partial charge in [0.1, 0.15) is 6.04 Å². The van der Waals surface area contributed by atoms with Crippen molar-refractivity contribution in [3.05, 3.63) is 51.7 Å². The number of rotatable bonds is 7. The van der Waals surface area contributed by atoms with E-state index < -0.39 is 10.0 Å². The molecule has 28 heavy (non-hydrogen) atoms. The Bertz CT molecular complexity index is 949. The quantitative estimate of drug-likeness (QED) is 0.614. The van der Waals surface area contributed by atoms with E-state index in [0.29, 0.717) is 25.6 Å². The SMILES string of the molecule is NS(=O)(=O)c1ccc(CCNC(=O)C[NH+]2CCc3sccc3[C@H]2C2CC2)cc1. The van der Waals surface area contributed by atoms with Gasteiger partial charge in [0.05, 0.1) is 11.4 Å². The maximum absolute atomic E-state index is 12.5. The highest BCUT2D eigenvalue weighted by atomic mass is 32.2. The van der Waals surface area contributed by atoms with Gasteiger partial charge in [0.2, 0.25) is 10.0 Å². The van der Waals surface area contributed by atoms with Crippen molar-refractivity contribution in [3.8, 4) is 0 Å². The predicted octanol–water partition coefficient (Wildman–Crippen LogP) is 0.647. The molecule has 4 N–H and O–H groups in total. The van der Waals surface area contributed by atoms with E-state index in [1.807, 2.05) is 11.3 Å². The van der Waals surface area contributed by atoms with E-state index in [1.54, 1.807) is 12.1 Å². The molecule has 1 aromatic carbocycles. The van der Waals surface area contributed by atoms with Crippen molar-refractivity contribution in [2.75, 3.05) is 19.6 Å². The number of fused-ring (bicyclic) bond motifs is 1. The number of sulfonamides is 1. The van der Waals surface area contributed by atoms with Gasteiger partial charge in [-0.25, -0.2) is 13.6 Å². The molecule has 4 rings (SSSR count). The summed E-state index contributed by atoms with van der Waals surface area (Å²) in [6.07, 6.45) is 4.28. The number of quaternary nitrogens is 1. The number of thiophene rings is 1. The topological polar surface area (TPSA) is 93.7 Å². The zero-order valence-electron chi connectivity index (χ0n) is 15.7. The first-order valence-electron chi connectivity index (χ1n) is 9.71. The number of benzene rings is 1. The highest BCUT2D eigenvalue weighted by molar-refractivity contribution is 7.89. The Labute approximate surface area is 169 Å². The Balaban J connectivity index is 1.29. The molecule has 1 unspecified atom stereocenters. The van der Waals surface area contributed by atoms with Gasteiger partial charge in [-0.2, -0.15) is 0 Å². The zero-order chi connectivity index (χ0) is 19.7. The van der Waals surface area contributed by atoms with Crippen LogP contribution in [-0.4, -0.2) is 34.0 Å². The summed E-state index contributed by atoms with van der Waals surface area (Å²) in [5.41, 5.74) is 2.44. The Morgan fingerprint density at radius 3 is 2.64 bits per heavy atom. The molecule has 0 saturated heterocycles. The van der Waals surface area contributed by atoms with E-state index in [0.717, 1.165) is 24.4 Å². The van der Waals surface area contributed by atoms with Crippen LogP contribution in [0.1, 0.15) is 34.9 Å². The number of nitrogens with one attached hydrogen (secondary N) is 2. The number of carbonyl (C=O) groups is 1. The summed E-state index contributed by atoms with van der Waals surface area (Å²) in [5.74, 6) is 0.814. The molecule has 1 amide bonds. The van der Waals surface area contributed by atoms with Crippen molar-refractivity contribution >= 4 is 27.3 Å². The normalized spacial score (nSPS) is 21.9. The Morgan fingerprint density at radius 2 is 1.96 bits per heavy atom. The summed E-state index contributed by atoms with van der Waals surface area (Å²) in [4.78, 5) is 15.5. The molecule has 0 radical (unpaired) electrons. The minimum absolute atomic E-state index is 0.0838. The molecule has 1 saturated carbocycles. The van der Waals surface area contributed by atoms with Crippen LogP contribution < -0.4 is 15.4 Å². The molecule has 1 fully saturated rings. The third kappa shape index (κ3) is 4.46. The minimum atomic E-state index is -3.67. The highest BCUT2D eigenvalue weighted by Crippen LogP contribution is 2.42. The second-order valence-electron chi connectivity index (χ2n) is 7.74. The van der Waals surface area contributed by atoms with Crippen molar-refractivity contribution in [1.82, 2.24) is 5.32 Å². The van der Waals surface area contributed by atoms with Crippen LogP contribution in [0.25, 0.3) is 0 Å². The van der Waals surface area contributed by atoms with E-state index in [4.69, 9.17) is 5.14 Å². The lowest BCUT2D eigenvalue weighted by atomic mass is 9.96. The van der Waals surface area contributed by atoms with Crippen molar-refractivity contribution in [3.63, 3.8) is 0 Å². The Kier molecular flexibility index (Phi) is 5.55. The monoisotopic (exact) mass is 420 g/mol. The van der Waals surface area contributed by atoms with Gasteiger partial charge in [0, 0.05) is 29.3 Å². The first-order valence-corrected chi connectivity index (χ1v) is 12.1. The van der Waals surface area contributed by atoms with Gasteiger partial charge in [-0.3, -0.25) is 4.79 Å². The second kappa shape index (κ2) is 7.94. The Morgan fingerprint density at radius 1 is 1.21 bits per heavy atom. The van der Waals surface area contributed by atoms with Crippen molar-refractivity contribution in [2.24, 2.45) is 11.1 Å². The number of carbonyl (C=O) groups excluding carboxylic acids is 1. The summed E-state index contributed by atoms with van der Waals surface area (Å²) >= 11 is 1.85. The summed E-state index contributed by atoms with van der Waals surface area (Å²) in [6.45, 7) is 2.08. The minimum Gasteiger partial charge on any atom is -0.351 e. The number of hydrogen-bond donors (Lipinski definition) is 3. The molecule has 2 heterocycles. The lowest BCUT2D eigenvalue weighted by molar-refractivity contribution is -0.928. The largest absolute Gasteiger partial charge is 0.351 e. The van der Waals surface area contributed by atoms with Gasteiger partial charge in [-0.1, -0.05) is 12.1 Å². The van der Waals surface area contributed by atoms with Gasteiger partial charge in [-0.05, 0) is 48.4 Å². The standard InChI is InChI=1S/C20H25N3O3S2/c21-28(25,26)16-5-1-14(2-6-16)7-10-22-19(24)13-23-11-8-18-17(9-12-27-18)20(23)15-3-4-15/h1-2,5-6,9,12,15,20H,3-4,7-8,10-11,13H2,(H,22,24)(H2,21,25,26)/p+1/t20-/m1/s1. The third-order valence-corrected chi connectivity index (χ3v) is 7.62. The van der Waals surface area contributed by atoms with E-state index in [-0.39, 0.29) is 10.8 Å². The van der Waals surface area contributed by atoms with Crippen LogP contribution in [0.2, 0.25) is 0 Å². The maximum atomic E-state index is 12.5. The summed E-state index contributed by atoms with van der Waals surface area (Å²) in [6, 6.07) is 9.22. The van der Waals surface area contributed by atoms with Crippen molar-refractivity contribution in [1.29, 1.82) is 0 Å².